The van der Waals surface area contributed by atoms with E-state index in [4.69, 9.17) is 9.47 Å². The molecule has 1 heterocycles. The Morgan fingerprint density at radius 2 is 1.85 bits per heavy atom. The molecule has 1 aliphatic heterocycles. The van der Waals surface area contributed by atoms with Crippen LogP contribution in [-0.4, -0.2) is 44.2 Å². The van der Waals surface area contributed by atoms with Gasteiger partial charge in [0.25, 0.3) is 5.91 Å². The monoisotopic (exact) mass is 353 g/mol. The molecule has 2 aromatic rings. The standard InChI is InChI=1S/C22H27NO3/c1-16-6-4-5-7-20(16)22(24)23-13-12-21(26-3)18(15-23)14-17-8-10-19(25-2)11-9-17/h4-11,18,21H,12-15H2,1-3H3/t18-,21-/m1/s1. The minimum atomic E-state index is 0.123. The molecule has 1 aliphatic rings. The van der Waals surface area contributed by atoms with Crippen molar-refractivity contribution in [3.63, 3.8) is 0 Å². The van der Waals surface area contributed by atoms with Gasteiger partial charge in [0.2, 0.25) is 0 Å². The summed E-state index contributed by atoms with van der Waals surface area (Å²) in [5.41, 5.74) is 3.06. The molecule has 3 rings (SSSR count). The van der Waals surface area contributed by atoms with E-state index in [1.165, 1.54) is 5.56 Å². The smallest absolute Gasteiger partial charge is 0.254 e. The maximum absolute atomic E-state index is 13.0. The van der Waals surface area contributed by atoms with Gasteiger partial charge in [-0.25, -0.2) is 0 Å². The maximum atomic E-state index is 13.0. The SMILES string of the molecule is COc1ccc(C[C@@H]2CN(C(=O)c3ccccc3C)CC[C@H]2OC)cc1. The summed E-state index contributed by atoms with van der Waals surface area (Å²) in [5.74, 6) is 1.27. The lowest BCUT2D eigenvalue weighted by molar-refractivity contribution is -0.00301. The molecule has 1 amide bonds. The van der Waals surface area contributed by atoms with Gasteiger partial charge < -0.3 is 14.4 Å². The van der Waals surface area contributed by atoms with Gasteiger partial charge in [-0.2, -0.15) is 0 Å². The normalized spacial score (nSPS) is 20.0. The Balaban J connectivity index is 1.73. The zero-order valence-corrected chi connectivity index (χ0v) is 15.8. The molecule has 26 heavy (non-hydrogen) atoms. The van der Waals surface area contributed by atoms with Crippen molar-refractivity contribution in [1.82, 2.24) is 4.90 Å². The molecule has 0 bridgehead atoms. The van der Waals surface area contributed by atoms with E-state index in [1.807, 2.05) is 48.2 Å². The van der Waals surface area contributed by atoms with Crippen LogP contribution in [0.3, 0.4) is 0 Å². The number of likely N-dealkylation sites (tertiary alicyclic amines) is 1. The fourth-order valence-corrected chi connectivity index (χ4v) is 3.75. The van der Waals surface area contributed by atoms with Crippen LogP contribution >= 0.6 is 0 Å². The summed E-state index contributed by atoms with van der Waals surface area (Å²) in [6, 6.07) is 15.9. The lowest BCUT2D eigenvalue weighted by Gasteiger charge is -2.38. The maximum Gasteiger partial charge on any atom is 0.254 e. The van der Waals surface area contributed by atoms with E-state index in [9.17, 15) is 4.79 Å². The van der Waals surface area contributed by atoms with Crippen molar-refractivity contribution in [1.29, 1.82) is 0 Å². The van der Waals surface area contributed by atoms with Crippen LogP contribution in [0.4, 0.5) is 0 Å². The van der Waals surface area contributed by atoms with Crippen molar-refractivity contribution >= 4 is 5.91 Å². The summed E-state index contributed by atoms with van der Waals surface area (Å²) in [6.07, 6.45) is 1.94. The summed E-state index contributed by atoms with van der Waals surface area (Å²) in [6.45, 7) is 3.45. The van der Waals surface area contributed by atoms with E-state index in [-0.39, 0.29) is 17.9 Å². The van der Waals surface area contributed by atoms with Gasteiger partial charge in [0, 0.05) is 31.7 Å². The molecule has 0 radical (unpaired) electrons. The molecule has 1 fully saturated rings. The molecule has 0 aromatic heterocycles. The molecule has 0 unspecified atom stereocenters. The minimum Gasteiger partial charge on any atom is -0.497 e. The van der Waals surface area contributed by atoms with Crippen molar-refractivity contribution in [2.24, 2.45) is 5.92 Å². The van der Waals surface area contributed by atoms with E-state index in [1.54, 1.807) is 14.2 Å². The van der Waals surface area contributed by atoms with Crippen LogP contribution in [0.5, 0.6) is 5.75 Å². The van der Waals surface area contributed by atoms with Gasteiger partial charge in [-0.05, 0) is 49.1 Å². The zero-order chi connectivity index (χ0) is 18.5. The molecule has 0 aliphatic carbocycles. The highest BCUT2D eigenvalue weighted by Gasteiger charge is 2.32. The number of hydrogen-bond acceptors (Lipinski definition) is 3. The van der Waals surface area contributed by atoms with Crippen LogP contribution in [0, 0.1) is 12.8 Å². The average Bonchev–Trinajstić information content (AvgIpc) is 2.68. The fraction of sp³-hybridized carbons (Fsp3) is 0.409. The molecule has 2 aromatic carbocycles. The number of carbonyl (C=O) groups is 1. The van der Waals surface area contributed by atoms with Crippen LogP contribution in [0.2, 0.25) is 0 Å². The quantitative estimate of drug-likeness (QED) is 0.822. The number of ether oxygens (including phenoxy) is 2. The summed E-state index contributed by atoms with van der Waals surface area (Å²) in [4.78, 5) is 14.9. The first-order valence-corrected chi connectivity index (χ1v) is 9.13. The second-order valence-corrected chi connectivity index (χ2v) is 6.94. The third-order valence-electron chi connectivity index (χ3n) is 5.29. The van der Waals surface area contributed by atoms with E-state index in [2.05, 4.69) is 12.1 Å². The molecule has 0 N–H and O–H groups in total. The lowest BCUT2D eigenvalue weighted by atomic mass is 9.88. The number of hydrogen-bond donors (Lipinski definition) is 0. The van der Waals surface area contributed by atoms with E-state index < -0.39 is 0 Å². The first-order valence-electron chi connectivity index (χ1n) is 9.13. The van der Waals surface area contributed by atoms with E-state index in [0.29, 0.717) is 0 Å². The third-order valence-corrected chi connectivity index (χ3v) is 5.29. The van der Waals surface area contributed by atoms with Crippen molar-refractivity contribution in [2.75, 3.05) is 27.3 Å². The molecule has 138 valence electrons. The number of carbonyl (C=O) groups excluding carboxylic acids is 1. The van der Waals surface area contributed by atoms with Gasteiger partial charge in [0.1, 0.15) is 5.75 Å². The Morgan fingerprint density at radius 1 is 1.12 bits per heavy atom. The van der Waals surface area contributed by atoms with Crippen LogP contribution in [0.1, 0.15) is 27.9 Å². The molecular formula is C22H27NO3. The van der Waals surface area contributed by atoms with Crippen molar-refractivity contribution in [3.05, 3.63) is 65.2 Å². The van der Waals surface area contributed by atoms with Gasteiger partial charge >= 0.3 is 0 Å². The van der Waals surface area contributed by atoms with Crippen LogP contribution in [0.25, 0.3) is 0 Å². The fourth-order valence-electron chi connectivity index (χ4n) is 3.75. The van der Waals surface area contributed by atoms with Gasteiger partial charge in [-0.3, -0.25) is 4.79 Å². The average molecular weight is 353 g/mol. The molecule has 0 saturated carbocycles. The highest BCUT2D eigenvalue weighted by molar-refractivity contribution is 5.95. The number of nitrogens with zero attached hydrogens (tertiary/aromatic N) is 1. The summed E-state index contributed by atoms with van der Waals surface area (Å²) in [7, 11) is 3.44. The van der Waals surface area contributed by atoms with Crippen molar-refractivity contribution in [3.8, 4) is 5.75 Å². The van der Waals surface area contributed by atoms with Gasteiger partial charge in [0.15, 0.2) is 0 Å². The third kappa shape index (κ3) is 4.07. The van der Waals surface area contributed by atoms with E-state index in [0.717, 1.165) is 42.8 Å². The largest absolute Gasteiger partial charge is 0.497 e. The van der Waals surface area contributed by atoms with Crippen LogP contribution < -0.4 is 4.74 Å². The molecule has 4 nitrogen and oxygen atoms in total. The number of rotatable bonds is 5. The van der Waals surface area contributed by atoms with E-state index >= 15 is 0 Å². The highest BCUT2D eigenvalue weighted by Crippen LogP contribution is 2.26. The molecule has 1 saturated heterocycles. The number of piperidine rings is 1. The Hall–Kier alpha value is -2.33. The topological polar surface area (TPSA) is 38.8 Å². The van der Waals surface area contributed by atoms with Crippen molar-refractivity contribution < 1.29 is 14.3 Å². The van der Waals surface area contributed by atoms with Gasteiger partial charge in [-0.15, -0.1) is 0 Å². The Bertz CT molecular complexity index is 741. The Labute approximate surface area is 155 Å². The molecular weight excluding hydrogens is 326 g/mol. The lowest BCUT2D eigenvalue weighted by Crippen LogP contribution is -2.47. The van der Waals surface area contributed by atoms with Gasteiger partial charge in [0.05, 0.1) is 13.2 Å². The number of methoxy groups -OCH3 is 2. The minimum absolute atomic E-state index is 0.123. The number of aryl methyl sites for hydroxylation is 1. The number of amides is 1. The zero-order valence-electron chi connectivity index (χ0n) is 15.8. The molecule has 0 spiro atoms. The summed E-state index contributed by atoms with van der Waals surface area (Å²) in [5, 5.41) is 0. The molecule has 4 heteroatoms. The predicted molar refractivity (Wildman–Crippen MR) is 103 cm³/mol. The van der Waals surface area contributed by atoms with Crippen molar-refractivity contribution in [2.45, 2.75) is 25.9 Å². The van der Waals surface area contributed by atoms with Crippen LogP contribution in [0.15, 0.2) is 48.5 Å². The first-order chi connectivity index (χ1) is 12.6. The highest BCUT2D eigenvalue weighted by atomic mass is 16.5. The first kappa shape index (κ1) is 18.5. The second kappa shape index (κ2) is 8.37. The van der Waals surface area contributed by atoms with Gasteiger partial charge in [-0.1, -0.05) is 30.3 Å². The Morgan fingerprint density at radius 3 is 2.50 bits per heavy atom. The molecule has 2 atom stereocenters. The van der Waals surface area contributed by atoms with Crippen LogP contribution in [-0.2, 0) is 11.2 Å². The summed E-state index contributed by atoms with van der Waals surface area (Å²) < 4.78 is 10.9. The number of benzene rings is 2. The predicted octanol–water partition coefficient (Wildman–Crippen LogP) is 3.72. The summed E-state index contributed by atoms with van der Waals surface area (Å²) >= 11 is 0. The second-order valence-electron chi connectivity index (χ2n) is 6.94. The Kier molecular flexibility index (Phi) is 5.94.